The molecule has 23 heavy (non-hydrogen) atoms. The maximum Gasteiger partial charge on any atom is 0.119 e. The van der Waals surface area contributed by atoms with E-state index in [1.165, 1.54) is 0 Å². The number of ether oxygens (including phenoxy) is 3. The smallest absolute Gasteiger partial charge is 0.119 e. The first-order valence-electron chi connectivity index (χ1n) is 7.78. The van der Waals surface area contributed by atoms with Crippen molar-refractivity contribution in [3.05, 3.63) is 54.1 Å². The third kappa shape index (κ3) is 4.82. The van der Waals surface area contributed by atoms with Crippen molar-refractivity contribution in [1.29, 1.82) is 5.26 Å². The largest absolute Gasteiger partial charge is 0.494 e. The first-order valence-corrected chi connectivity index (χ1v) is 7.78. The van der Waals surface area contributed by atoms with Crippen LogP contribution in [0.2, 0.25) is 0 Å². The SMILES string of the molecule is N#Cc1ccc(-c2ccc(OCCCOCC3CO3)cc2)cc1. The molecule has 2 aromatic rings. The van der Waals surface area contributed by atoms with Gasteiger partial charge in [0, 0.05) is 13.0 Å². The van der Waals surface area contributed by atoms with Gasteiger partial charge in [0.25, 0.3) is 0 Å². The average Bonchev–Trinajstić information content (AvgIpc) is 3.43. The van der Waals surface area contributed by atoms with Gasteiger partial charge in [0.1, 0.15) is 11.9 Å². The Bertz CT molecular complexity index is 655. The molecule has 0 spiro atoms. The standard InChI is InChI=1S/C19H19NO3/c20-12-15-2-4-16(5-3-15)17-6-8-18(9-7-17)22-11-1-10-21-13-19-14-23-19/h2-9,19H,1,10-11,13-14H2. The Morgan fingerprint density at radius 2 is 1.65 bits per heavy atom. The van der Waals surface area contributed by atoms with Crippen molar-refractivity contribution >= 4 is 0 Å². The summed E-state index contributed by atoms with van der Waals surface area (Å²) in [6.45, 7) is 2.87. The van der Waals surface area contributed by atoms with E-state index in [1.807, 2.05) is 48.5 Å². The molecular formula is C19H19NO3. The van der Waals surface area contributed by atoms with Gasteiger partial charge in [0.15, 0.2) is 0 Å². The van der Waals surface area contributed by atoms with Gasteiger partial charge < -0.3 is 14.2 Å². The van der Waals surface area contributed by atoms with Gasteiger partial charge in [-0.05, 0) is 35.4 Å². The molecule has 4 nitrogen and oxygen atoms in total. The van der Waals surface area contributed by atoms with E-state index in [4.69, 9.17) is 19.5 Å². The number of nitrogens with zero attached hydrogens (tertiary/aromatic N) is 1. The second-order valence-electron chi connectivity index (χ2n) is 5.45. The van der Waals surface area contributed by atoms with E-state index in [0.29, 0.717) is 31.5 Å². The highest BCUT2D eigenvalue weighted by atomic mass is 16.6. The van der Waals surface area contributed by atoms with Crippen LogP contribution in [0.15, 0.2) is 48.5 Å². The molecule has 1 atom stereocenters. The van der Waals surface area contributed by atoms with E-state index in [0.717, 1.165) is 29.9 Å². The van der Waals surface area contributed by atoms with Crippen molar-refractivity contribution in [2.24, 2.45) is 0 Å². The number of nitriles is 1. The molecule has 2 aromatic carbocycles. The summed E-state index contributed by atoms with van der Waals surface area (Å²) in [5.74, 6) is 0.855. The quantitative estimate of drug-likeness (QED) is 0.554. The molecule has 0 amide bonds. The Balaban J connectivity index is 1.43. The highest BCUT2D eigenvalue weighted by Gasteiger charge is 2.21. The van der Waals surface area contributed by atoms with E-state index in [9.17, 15) is 0 Å². The number of hydrogen-bond donors (Lipinski definition) is 0. The highest BCUT2D eigenvalue weighted by Crippen LogP contribution is 2.22. The van der Waals surface area contributed by atoms with Crippen molar-refractivity contribution < 1.29 is 14.2 Å². The lowest BCUT2D eigenvalue weighted by molar-refractivity contribution is 0.104. The molecule has 4 heteroatoms. The molecule has 0 aromatic heterocycles. The van der Waals surface area contributed by atoms with E-state index < -0.39 is 0 Å². The molecular weight excluding hydrogens is 290 g/mol. The third-order valence-corrected chi connectivity index (χ3v) is 3.61. The predicted molar refractivity (Wildman–Crippen MR) is 87.3 cm³/mol. The Morgan fingerprint density at radius 3 is 2.26 bits per heavy atom. The van der Waals surface area contributed by atoms with Crippen LogP contribution in [0.4, 0.5) is 0 Å². The Morgan fingerprint density at radius 1 is 1.00 bits per heavy atom. The summed E-state index contributed by atoms with van der Waals surface area (Å²) >= 11 is 0. The zero-order valence-corrected chi connectivity index (χ0v) is 12.9. The van der Waals surface area contributed by atoms with Crippen LogP contribution >= 0.6 is 0 Å². The fourth-order valence-electron chi connectivity index (χ4n) is 2.21. The summed E-state index contributed by atoms with van der Waals surface area (Å²) in [4.78, 5) is 0. The van der Waals surface area contributed by atoms with E-state index in [1.54, 1.807) is 0 Å². The average molecular weight is 309 g/mol. The van der Waals surface area contributed by atoms with Crippen molar-refractivity contribution in [1.82, 2.24) is 0 Å². The van der Waals surface area contributed by atoms with Gasteiger partial charge in [-0.2, -0.15) is 5.26 Å². The summed E-state index contributed by atoms with van der Waals surface area (Å²) in [7, 11) is 0. The number of rotatable bonds is 8. The summed E-state index contributed by atoms with van der Waals surface area (Å²) in [5, 5.41) is 8.82. The second kappa shape index (κ2) is 7.77. The number of hydrogen-bond acceptors (Lipinski definition) is 4. The zero-order chi connectivity index (χ0) is 15.9. The molecule has 0 bridgehead atoms. The highest BCUT2D eigenvalue weighted by molar-refractivity contribution is 5.64. The fraction of sp³-hybridized carbons (Fsp3) is 0.316. The van der Waals surface area contributed by atoms with Crippen molar-refractivity contribution in [2.75, 3.05) is 26.4 Å². The van der Waals surface area contributed by atoms with Crippen molar-refractivity contribution in [3.63, 3.8) is 0 Å². The van der Waals surface area contributed by atoms with E-state index in [-0.39, 0.29) is 0 Å². The van der Waals surface area contributed by atoms with Crippen LogP contribution in [0.1, 0.15) is 12.0 Å². The summed E-state index contributed by atoms with van der Waals surface area (Å²) in [6, 6.07) is 17.7. The van der Waals surface area contributed by atoms with Gasteiger partial charge in [-0.25, -0.2) is 0 Å². The molecule has 1 aliphatic heterocycles. The van der Waals surface area contributed by atoms with E-state index >= 15 is 0 Å². The van der Waals surface area contributed by atoms with Gasteiger partial charge in [0.05, 0.1) is 31.5 Å². The molecule has 1 saturated heterocycles. The molecule has 118 valence electrons. The van der Waals surface area contributed by atoms with Gasteiger partial charge >= 0.3 is 0 Å². The Labute approximate surface area is 136 Å². The summed E-state index contributed by atoms with van der Waals surface area (Å²) < 4.78 is 16.2. The van der Waals surface area contributed by atoms with Crippen LogP contribution in [-0.2, 0) is 9.47 Å². The summed E-state index contributed by atoms with van der Waals surface area (Å²) in [5.41, 5.74) is 2.87. The summed E-state index contributed by atoms with van der Waals surface area (Å²) in [6.07, 6.45) is 1.19. The van der Waals surface area contributed by atoms with Crippen molar-refractivity contribution in [3.8, 4) is 22.9 Å². The number of benzene rings is 2. The maximum absolute atomic E-state index is 8.82. The molecule has 3 rings (SSSR count). The van der Waals surface area contributed by atoms with Crippen LogP contribution in [0.3, 0.4) is 0 Å². The lowest BCUT2D eigenvalue weighted by atomic mass is 10.0. The molecule has 1 aliphatic rings. The Kier molecular flexibility index (Phi) is 5.25. The molecule has 0 aliphatic carbocycles. The van der Waals surface area contributed by atoms with Gasteiger partial charge in [0.2, 0.25) is 0 Å². The van der Waals surface area contributed by atoms with Gasteiger partial charge in [-0.1, -0.05) is 24.3 Å². The lowest BCUT2D eigenvalue weighted by Crippen LogP contribution is -2.06. The minimum absolute atomic E-state index is 0.325. The Hall–Kier alpha value is -2.35. The predicted octanol–water partition coefficient (Wildman–Crippen LogP) is 3.41. The molecule has 1 unspecified atom stereocenters. The lowest BCUT2D eigenvalue weighted by Gasteiger charge is -2.08. The van der Waals surface area contributed by atoms with Crippen LogP contribution in [0.25, 0.3) is 11.1 Å². The normalized spacial score (nSPS) is 15.9. The third-order valence-electron chi connectivity index (χ3n) is 3.61. The fourth-order valence-corrected chi connectivity index (χ4v) is 2.21. The second-order valence-corrected chi connectivity index (χ2v) is 5.45. The molecule has 0 saturated carbocycles. The van der Waals surface area contributed by atoms with Crippen LogP contribution in [0, 0.1) is 11.3 Å². The minimum atomic E-state index is 0.325. The molecule has 1 fully saturated rings. The first-order chi connectivity index (χ1) is 11.3. The number of epoxide rings is 1. The van der Waals surface area contributed by atoms with Gasteiger partial charge in [-0.3, -0.25) is 0 Å². The first kappa shape index (κ1) is 15.5. The maximum atomic E-state index is 8.82. The van der Waals surface area contributed by atoms with Crippen molar-refractivity contribution in [2.45, 2.75) is 12.5 Å². The van der Waals surface area contributed by atoms with Crippen LogP contribution < -0.4 is 4.74 Å². The van der Waals surface area contributed by atoms with E-state index in [2.05, 4.69) is 6.07 Å². The van der Waals surface area contributed by atoms with Crippen LogP contribution in [0.5, 0.6) is 5.75 Å². The topological polar surface area (TPSA) is 54.8 Å². The molecule has 0 N–H and O–H groups in total. The van der Waals surface area contributed by atoms with Gasteiger partial charge in [-0.15, -0.1) is 0 Å². The monoisotopic (exact) mass is 309 g/mol. The molecule has 1 heterocycles. The van der Waals surface area contributed by atoms with Crippen LogP contribution in [-0.4, -0.2) is 32.5 Å². The zero-order valence-electron chi connectivity index (χ0n) is 12.9. The minimum Gasteiger partial charge on any atom is -0.494 e. The molecule has 0 radical (unpaired) electrons.